The SMILES string of the molecule is c1ccc(-c2ccc(N(c3ccc4c5ccccc5c5ccccc5c4c3)c3cc4c(cc3-c3cccc5c3oc3ccccc35)-c3ccccc3C43c4ccccc4-c4ccccc43)cc2)cc1. The van der Waals surface area contributed by atoms with E-state index in [9.17, 15) is 0 Å². The van der Waals surface area contributed by atoms with Gasteiger partial charge >= 0.3 is 0 Å². The molecular formula is C67H41NO. The second-order valence-corrected chi connectivity index (χ2v) is 18.7. The second-order valence-electron chi connectivity index (χ2n) is 18.7. The van der Waals surface area contributed by atoms with Crippen LogP contribution in [0.1, 0.15) is 22.3 Å². The molecule has 1 aromatic heterocycles. The molecule has 1 spiro atoms. The molecule has 0 bridgehead atoms. The van der Waals surface area contributed by atoms with Gasteiger partial charge in [0.1, 0.15) is 11.2 Å². The van der Waals surface area contributed by atoms with Crippen LogP contribution < -0.4 is 4.90 Å². The fourth-order valence-corrected chi connectivity index (χ4v) is 12.4. The van der Waals surface area contributed by atoms with Gasteiger partial charge in [0.2, 0.25) is 0 Å². The van der Waals surface area contributed by atoms with Gasteiger partial charge in [0.05, 0.1) is 11.1 Å². The van der Waals surface area contributed by atoms with Crippen molar-refractivity contribution < 1.29 is 4.42 Å². The summed E-state index contributed by atoms with van der Waals surface area (Å²) in [6.07, 6.45) is 0. The smallest absolute Gasteiger partial charge is 0.143 e. The molecule has 0 atom stereocenters. The summed E-state index contributed by atoms with van der Waals surface area (Å²) in [5.74, 6) is 0. The Bertz CT molecular complexity index is 4170. The van der Waals surface area contributed by atoms with Crippen LogP contribution in [0.25, 0.3) is 98.8 Å². The topological polar surface area (TPSA) is 16.4 Å². The van der Waals surface area contributed by atoms with Crippen LogP contribution in [0.15, 0.2) is 253 Å². The first-order valence-corrected chi connectivity index (χ1v) is 23.9. The van der Waals surface area contributed by atoms with E-state index in [1.807, 2.05) is 0 Å². The Morgan fingerprint density at radius 3 is 1.41 bits per heavy atom. The van der Waals surface area contributed by atoms with Crippen molar-refractivity contribution in [1.29, 1.82) is 0 Å². The standard InChI is InChI=1S/C67H41NO/c1-2-17-42(18-3-1)43-33-35-44(36-34-43)68(45-37-38-50-48-21-5-4-19-46(48)47-20-6-7-22-49(47)57(50)39-45)64-41-63-58(40-59(64)56-28-16-27-55-54-26-11-15-32-65(54)69-66(55)56)53-25-10-14-31-62(53)67(63)60-29-12-8-23-51(60)52-24-9-13-30-61(52)67/h1-41H. The Hall–Kier alpha value is -8.98. The van der Waals surface area contributed by atoms with Crippen LogP contribution in [0.5, 0.6) is 0 Å². The predicted molar refractivity (Wildman–Crippen MR) is 288 cm³/mol. The summed E-state index contributed by atoms with van der Waals surface area (Å²) in [6, 6.07) is 92.0. The van der Waals surface area contributed by atoms with Gasteiger partial charge in [-0.3, -0.25) is 0 Å². The number of para-hydroxylation sites is 2. The Labute approximate surface area is 399 Å². The molecular weight excluding hydrogens is 835 g/mol. The predicted octanol–water partition coefficient (Wildman–Crippen LogP) is 18.2. The Morgan fingerprint density at radius 2 is 0.754 bits per heavy atom. The van der Waals surface area contributed by atoms with E-state index in [0.29, 0.717) is 0 Å². The molecule has 0 saturated heterocycles. The summed E-state index contributed by atoms with van der Waals surface area (Å²) < 4.78 is 6.95. The van der Waals surface area contributed by atoms with Gasteiger partial charge in [0.15, 0.2) is 0 Å². The van der Waals surface area contributed by atoms with Crippen LogP contribution in [0.4, 0.5) is 17.1 Å². The Morgan fingerprint density at radius 1 is 0.275 bits per heavy atom. The summed E-state index contributed by atoms with van der Waals surface area (Å²) in [5.41, 5.74) is 19.2. The van der Waals surface area contributed by atoms with Gasteiger partial charge in [-0.2, -0.15) is 0 Å². The van der Waals surface area contributed by atoms with E-state index in [-0.39, 0.29) is 0 Å². The van der Waals surface area contributed by atoms with Gasteiger partial charge in [-0.1, -0.05) is 206 Å². The van der Waals surface area contributed by atoms with Crippen molar-refractivity contribution in [2.45, 2.75) is 5.41 Å². The third-order valence-corrected chi connectivity index (χ3v) is 15.3. The molecule has 2 aliphatic rings. The highest BCUT2D eigenvalue weighted by Gasteiger charge is 2.52. The minimum atomic E-state index is -0.543. The highest BCUT2D eigenvalue weighted by Crippen LogP contribution is 2.64. The lowest BCUT2D eigenvalue weighted by molar-refractivity contribution is 0.670. The number of hydrogen-bond acceptors (Lipinski definition) is 2. The maximum absolute atomic E-state index is 6.95. The molecule has 0 N–H and O–H groups in total. The Kier molecular flexibility index (Phi) is 8.02. The molecule has 13 aromatic rings. The third-order valence-electron chi connectivity index (χ3n) is 15.3. The highest BCUT2D eigenvalue weighted by atomic mass is 16.3. The molecule has 2 heteroatoms. The zero-order valence-corrected chi connectivity index (χ0v) is 37.5. The number of benzene rings is 12. The van der Waals surface area contributed by atoms with Gasteiger partial charge in [0, 0.05) is 33.3 Å². The van der Waals surface area contributed by atoms with Crippen molar-refractivity contribution in [3.63, 3.8) is 0 Å². The lowest BCUT2D eigenvalue weighted by Crippen LogP contribution is -2.26. The third kappa shape index (κ3) is 5.31. The molecule has 320 valence electrons. The summed E-state index contributed by atoms with van der Waals surface area (Å²) in [6.45, 7) is 0. The van der Waals surface area contributed by atoms with Crippen LogP contribution in [-0.2, 0) is 5.41 Å². The number of fused-ring (bicyclic) bond motifs is 19. The van der Waals surface area contributed by atoms with Crippen LogP contribution in [0.2, 0.25) is 0 Å². The number of rotatable bonds is 5. The molecule has 0 amide bonds. The summed E-state index contributed by atoms with van der Waals surface area (Å²) in [5, 5.41) is 9.69. The fraction of sp³-hybridized carbons (Fsp3) is 0.0149. The van der Waals surface area contributed by atoms with E-state index in [4.69, 9.17) is 4.42 Å². The fourth-order valence-electron chi connectivity index (χ4n) is 12.4. The van der Waals surface area contributed by atoms with Crippen molar-refractivity contribution in [2.75, 3.05) is 4.90 Å². The molecule has 15 rings (SSSR count). The quantitative estimate of drug-likeness (QED) is 0.160. The maximum Gasteiger partial charge on any atom is 0.143 e. The van der Waals surface area contributed by atoms with Crippen molar-refractivity contribution in [3.8, 4) is 44.5 Å². The number of furan rings is 1. The molecule has 1 heterocycles. The van der Waals surface area contributed by atoms with Gasteiger partial charge in [-0.15, -0.1) is 0 Å². The van der Waals surface area contributed by atoms with Crippen molar-refractivity contribution in [2.24, 2.45) is 0 Å². The first-order chi connectivity index (χ1) is 34.2. The molecule has 0 saturated carbocycles. The molecule has 0 aliphatic heterocycles. The van der Waals surface area contributed by atoms with E-state index in [0.717, 1.165) is 50.1 Å². The minimum absolute atomic E-state index is 0.543. The molecule has 0 unspecified atom stereocenters. The van der Waals surface area contributed by atoms with Gasteiger partial charge in [-0.05, 0) is 130 Å². The Balaban J connectivity index is 1.09. The largest absolute Gasteiger partial charge is 0.455 e. The normalized spacial score (nSPS) is 13.0. The van der Waals surface area contributed by atoms with Gasteiger partial charge < -0.3 is 9.32 Å². The number of anilines is 3. The van der Waals surface area contributed by atoms with Gasteiger partial charge in [0.25, 0.3) is 0 Å². The van der Waals surface area contributed by atoms with Gasteiger partial charge in [-0.25, -0.2) is 0 Å². The van der Waals surface area contributed by atoms with Crippen molar-refractivity contribution >= 4 is 71.3 Å². The van der Waals surface area contributed by atoms with Crippen LogP contribution in [0.3, 0.4) is 0 Å². The lowest BCUT2D eigenvalue weighted by Gasteiger charge is -2.33. The van der Waals surface area contributed by atoms with E-state index in [1.165, 1.54) is 88.0 Å². The highest BCUT2D eigenvalue weighted by molar-refractivity contribution is 6.26. The molecule has 69 heavy (non-hydrogen) atoms. The molecule has 2 aliphatic carbocycles. The van der Waals surface area contributed by atoms with E-state index in [1.54, 1.807) is 0 Å². The van der Waals surface area contributed by atoms with Crippen LogP contribution in [-0.4, -0.2) is 0 Å². The van der Waals surface area contributed by atoms with Crippen molar-refractivity contribution in [1.82, 2.24) is 0 Å². The summed E-state index contributed by atoms with van der Waals surface area (Å²) >= 11 is 0. The first-order valence-electron chi connectivity index (χ1n) is 23.9. The minimum Gasteiger partial charge on any atom is -0.455 e. The summed E-state index contributed by atoms with van der Waals surface area (Å²) in [4.78, 5) is 2.51. The average Bonchev–Trinajstić information content (AvgIpc) is 4.05. The number of hydrogen-bond donors (Lipinski definition) is 0. The van der Waals surface area contributed by atoms with Crippen LogP contribution >= 0.6 is 0 Å². The van der Waals surface area contributed by atoms with E-state index < -0.39 is 5.41 Å². The number of nitrogens with zero attached hydrogens (tertiary/aromatic N) is 1. The zero-order chi connectivity index (χ0) is 45.2. The second kappa shape index (κ2) is 14.5. The lowest BCUT2D eigenvalue weighted by atomic mass is 9.70. The zero-order valence-electron chi connectivity index (χ0n) is 37.5. The monoisotopic (exact) mass is 875 g/mol. The molecule has 0 radical (unpaired) electrons. The van der Waals surface area contributed by atoms with E-state index >= 15 is 0 Å². The summed E-state index contributed by atoms with van der Waals surface area (Å²) in [7, 11) is 0. The maximum atomic E-state index is 6.95. The molecule has 12 aromatic carbocycles. The van der Waals surface area contributed by atoms with Crippen molar-refractivity contribution in [3.05, 3.63) is 271 Å². The van der Waals surface area contributed by atoms with E-state index in [2.05, 4.69) is 254 Å². The average molecular weight is 876 g/mol. The molecule has 0 fully saturated rings. The first kappa shape index (κ1) is 38.2. The molecule has 2 nitrogen and oxygen atoms in total. The van der Waals surface area contributed by atoms with Crippen LogP contribution in [0, 0.1) is 0 Å².